The number of rotatable bonds is 6. The molecule has 1 aromatic carbocycles. The van der Waals surface area contributed by atoms with E-state index in [1.807, 2.05) is 0 Å². The van der Waals surface area contributed by atoms with Crippen molar-refractivity contribution in [2.75, 3.05) is 0 Å². The smallest absolute Gasteiger partial charge is 0.191 e. The molecule has 2 N–H and O–H groups in total. The van der Waals surface area contributed by atoms with Gasteiger partial charge in [-0.3, -0.25) is 0 Å². The third-order valence-electron chi connectivity index (χ3n) is 2.70. The van der Waals surface area contributed by atoms with Crippen molar-refractivity contribution in [3.8, 4) is 0 Å². The fourth-order valence-corrected chi connectivity index (χ4v) is 3.05. The number of benzene rings is 1. The van der Waals surface area contributed by atoms with Gasteiger partial charge in [0.25, 0.3) is 0 Å². The van der Waals surface area contributed by atoms with Crippen LogP contribution in [0.5, 0.6) is 0 Å². The third kappa shape index (κ3) is 3.93. The van der Waals surface area contributed by atoms with Crippen molar-refractivity contribution in [1.29, 1.82) is 0 Å². The molecule has 1 aromatic heterocycles. The molecule has 0 atom stereocenters. The maximum Gasteiger partial charge on any atom is 0.191 e. The SMILES string of the molecule is CCCn1c(CN)nnc1SCc1ccc(I)cc1. The molecule has 0 amide bonds. The molecular weight excluding hydrogens is 371 g/mol. The van der Waals surface area contributed by atoms with Gasteiger partial charge in [-0.15, -0.1) is 10.2 Å². The van der Waals surface area contributed by atoms with E-state index in [1.54, 1.807) is 11.8 Å². The van der Waals surface area contributed by atoms with Crippen molar-refractivity contribution in [3.63, 3.8) is 0 Å². The minimum atomic E-state index is 0.442. The molecule has 0 aliphatic carbocycles. The van der Waals surface area contributed by atoms with E-state index in [9.17, 15) is 0 Å². The second-order valence-electron chi connectivity index (χ2n) is 4.17. The lowest BCUT2D eigenvalue weighted by Gasteiger charge is -2.07. The fraction of sp³-hybridized carbons (Fsp3) is 0.385. The summed E-state index contributed by atoms with van der Waals surface area (Å²) in [6, 6.07) is 8.55. The van der Waals surface area contributed by atoms with Gasteiger partial charge in [-0.05, 0) is 46.7 Å². The Bertz CT molecular complexity index is 524. The van der Waals surface area contributed by atoms with Gasteiger partial charge in [-0.2, -0.15) is 0 Å². The highest BCUT2D eigenvalue weighted by Crippen LogP contribution is 2.22. The van der Waals surface area contributed by atoms with E-state index in [4.69, 9.17) is 5.73 Å². The maximum atomic E-state index is 5.68. The van der Waals surface area contributed by atoms with Crippen LogP contribution in [0.2, 0.25) is 0 Å². The minimum absolute atomic E-state index is 0.442. The Morgan fingerprint density at radius 2 is 2.00 bits per heavy atom. The van der Waals surface area contributed by atoms with Crippen molar-refractivity contribution in [2.24, 2.45) is 5.73 Å². The Hall–Kier alpha value is -0.600. The molecule has 0 aliphatic rings. The van der Waals surface area contributed by atoms with Gasteiger partial charge in [0.15, 0.2) is 5.16 Å². The number of thioether (sulfide) groups is 1. The average molecular weight is 388 g/mol. The molecule has 0 saturated carbocycles. The van der Waals surface area contributed by atoms with E-state index in [-0.39, 0.29) is 0 Å². The summed E-state index contributed by atoms with van der Waals surface area (Å²) in [7, 11) is 0. The first-order chi connectivity index (χ1) is 9.24. The summed E-state index contributed by atoms with van der Waals surface area (Å²) in [5.41, 5.74) is 6.98. The largest absolute Gasteiger partial charge is 0.324 e. The molecule has 6 heteroatoms. The zero-order valence-corrected chi connectivity index (χ0v) is 13.8. The van der Waals surface area contributed by atoms with Gasteiger partial charge in [-0.1, -0.05) is 30.8 Å². The fourth-order valence-electron chi connectivity index (χ4n) is 1.75. The van der Waals surface area contributed by atoms with Gasteiger partial charge in [0.1, 0.15) is 5.82 Å². The first-order valence-electron chi connectivity index (χ1n) is 6.24. The van der Waals surface area contributed by atoms with Crippen LogP contribution in [0.15, 0.2) is 29.4 Å². The van der Waals surface area contributed by atoms with Crippen molar-refractivity contribution in [2.45, 2.75) is 37.3 Å². The number of halogens is 1. The number of aromatic nitrogens is 3. The number of nitrogens with two attached hydrogens (primary N) is 1. The second kappa shape index (κ2) is 7.25. The average Bonchev–Trinajstić information content (AvgIpc) is 2.81. The molecule has 0 aliphatic heterocycles. The summed E-state index contributed by atoms with van der Waals surface area (Å²) in [5, 5.41) is 9.34. The lowest BCUT2D eigenvalue weighted by atomic mass is 10.2. The number of nitrogens with zero attached hydrogens (tertiary/aromatic N) is 3. The molecule has 0 unspecified atom stereocenters. The molecule has 0 fully saturated rings. The molecule has 0 radical (unpaired) electrons. The highest BCUT2D eigenvalue weighted by atomic mass is 127. The van der Waals surface area contributed by atoms with E-state index < -0.39 is 0 Å². The van der Waals surface area contributed by atoms with E-state index >= 15 is 0 Å². The van der Waals surface area contributed by atoms with Crippen LogP contribution in [0.25, 0.3) is 0 Å². The molecule has 0 saturated heterocycles. The quantitative estimate of drug-likeness (QED) is 0.611. The normalized spacial score (nSPS) is 10.9. The zero-order chi connectivity index (χ0) is 13.7. The molecule has 0 spiro atoms. The van der Waals surface area contributed by atoms with Crippen LogP contribution < -0.4 is 5.73 Å². The second-order valence-corrected chi connectivity index (χ2v) is 6.36. The van der Waals surface area contributed by atoms with E-state index in [1.165, 1.54) is 9.13 Å². The van der Waals surface area contributed by atoms with E-state index in [0.29, 0.717) is 6.54 Å². The summed E-state index contributed by atoms with van der Waals surface area (Å²) in [4.78, 5) is 0. The topological polar surface area (TPSA) is 56.7 Å². The van der Waals surface area contributed by atoms with Crippen LogP contribution in [-0.4, -0.2) is 14.8 Å². The van der Waals surface area contributed by atoms with Crippen LogP contribution in [-0.2, 0) is 18.8 Å². The summed E-state index contributed by atoms with van der Waals surface area (Å²) < 4.78 is 3.38. The monoisotopic (exact) mass is 388 g/mol. The number of hydrogen-bond donors (Lipinski definition) is 1. The number of hydrogen-bond acceptors (Lipinski definition) is 4. The first-order valence-corrected chi connectivity index (χ1v) is 8.30. The highest BCUT2D eigenvalue weighted by Gasteiger charge is 2.10. The van der Waals surface area contributed by atoms with Crippen LogP contribution >= 0.6 is 34.4 Å². The van der Waals surface area contributed by atoms with Crippen LogP contribution in [0.1, 0.15) is 24.7 Å². The standard InChI is InChI=1S/C13H17IN4S/c1-2-7-18-12(8-15)16-17-13(18)19-9-10-3-5-11(14)6-4-10/h3-6H,2,7-9,15H2,1H3. The molecule has 2 aromatic rings. The summed E-state index contributed by atoms with van der Waals surface area (Å²) in [6.45, 7) is 3.51. The Balaban J connectivity index is 2.06. The van der Waals surface area contributed by atoms with Gasteiger partial charge in [0.05, 0.1) is 6.54 Å². The van der Waals surface area contributed by atoms with Crippen molar-refractivity contribution >= 4 is 34.4 Å². The highest BCUT2D eigenvalue weighted by molar-refractivity contribution is 14.1. The van der Waals surface area contributed by atoms with Gasteiger partial charge in [-0.25, -0.2) is 0 Å². The van der Waals surface area contributed by atoms with Crippen molar-refractivity contribution in [3.05, 3.63) is 39.2 Å². The lowest BCUT2D eigenvalue weighted by Crippen LogP contribution is -2.09. The van der Waals surface area contributed by atoms with Crippen molar-refractivity contribution < 1.29 is 0 Å². The molecule has 19 heavy (non-hydrogen) atoms. The Morgan fingerprint density at radius 1 is 1.26 bits per heavy atom. The molecule has 4 nitrogen and oxygen atoms in total. The molecular formula is C13H17IN4S. The zero-order valence-electron chi connectivity index (χ0n) is 10.8. The summed E-state index contributed by atoms with van der Waals surface area (Å²) in [5.74, 6) is 1.77. The maximum absolute atomic E-state index is 5.68. The van der Waals surface area contributed by atoms with E-state index in [0.717, 1.165) is 29.7 Å². The molecule has 2 rings (SSSR count). The Morgan fingerprint density at radius 3 is 2.63 bits per heavy atom. The van der Waals surface area contributed by atoms with Crippen LogP contribution in [0.3, 0.4) is 0 Å². The van der Waals surface area contributed by atoms with Crippen molar-refractivity contribution in [1.82, 2.24) is 14.8 Å². The third-order valence-corrected chi connectivity index (χ3v) is 4.46. The summed E-state index contributed by atoms with van der Waals surface area (Å²) >= 11 is 4.03. The Labute approximate surface area is 131 Å². The predicted molar refractivity (Wildman–Crippen MR) is 86.9 cm³/mol. The molecule has 1 heterocycles. The van der Waals surface area contributed by atoms with Gasteiger partial charge in [0.2, 0.25) is 0 Å². The van der Waals surface area contributed by atoms with Gasteiger partial charge in [0, 0.05) is 15.9 Å². The minimum Gasteiger partial charge on any atom is -0.324 e. The lowest BCUT2D eigenvalue weighted by molar-refractivity contribution is 0.592. The molecule has 0 bridgehead atoms. The first kappa shape index (κ1) is 14.8. The van der Waals surface area contributed by atoms with Crippen LogP contribution in [0.4, 0.5) is 0 Å². The van der Waals surface area contributed by atoms with E-state index in [2.05, 4.69) is 68.5 Å². The molecule has 102 valence electrons. The predicted octanol–water partition coefficient (Wildman–Crippen LogP) is 3.04. The van der Waals surface area contributed by atoms with Gasteiger partial charge >= 0.3 is 0 Å². The van der Waals surface area contributed by atoms with Crippen LogP contribution in [0, 0.1) is 3.57 Å². The van der Waals surface area contributed by atoms with Gasteiger partial charge < -0.3 is 10.3 Å². The summed E-state index contributed by atoms with van der Waals surface area (Å²) in [6.07, 6.45) is 1.06. The Kier molecular flexibility index (Phi) is 5.65.